The van der Waals surface area contributed by atoms with E-state index in [1.165, 1.54) is 12.3 Å². The predicted molar refractivity (Wildman–Crippen MR) is 82.7 cm³/mol. The van der Waals surface area contributed by atoms with Crippen molar-refractivity contribution in [3.05, 3.63) is 46.2 Å². The van der Waals surface area contributed by atoms with Crippen LogP contribution in [0.15, 0.2) is 39.9 Å². The number of nitrogens with zero attached hydrogens (tertiary/aromatic N) is 1. The van der Waals surface area contributed by atoms with E-state index in [0.29, 0.717) is 5.56 Å². The number of carbonyl (C=O) groups is 1. The van der Waals surface area contributed by atoms with Gasteiger partial charge in [0.05, 0.1) is 12.1 Å². The maximum Gasteiger partial charge on any atom is 0.244 e. The first kappa shape index (κ1) is 16.0. The molecule has 21 heavy (non-hydrogen) atoms. The van der Waals surface area contributed by atoms with Gasteiger partial charge in [0.2, 0.25) is 5.91 Å². The highest BCUT2D eigenvalue weighted by molar-refractivity contribution is 6.55. The van der Waals surface area contributed by atoms with E-state index in [-0.39, 0.29) is 27.6 Å². The van der Waals surface area contributed by atoms with Gasteiger partial charge in [-0.05, 0) is 23.5 Å². The number of allylic oxidation sites excluding steroid dienone is 1. The Balaban J connectivity index is 1.97. The molecule has 1 aromatic carbocycles. The highest BCUT2D eigenvalue weighted by Gasteiger charge is 2.60. The summed E-state index contributed by atoms with van der Waals surface area (Å²) >= 11 is 11.3. The van der Waals surface area contributed by atoms with E-state index in [1.807, 2.05) is 13.8 Å². The fraction of sp³-hybridized carbons (Fsp3) is 0.333. The van der Waals surface area contributed by atoms with Crippen molar-refractivity contribution in [1.29, 1.82) is 0 Å². The lowest BCUT2D eigenvalue weighted by Gasteiger charge is -2.01. The highest BCUT2D eigenvalue weighted by atomic mass is 35.5. The quantitative estimate of drug-likeness (QED) is 0.661. The van der Waals surface area contributed by atoms with Gasteiger partial charge in [-0.2, -0.15) is 5.10 Å². The molecule has 0 heterocycles. The molecular formula is C15H15Cl2FN2O. The molecule has 0 radical (unpaired) electrons. The van der Waals surface area contributed by atoms with E-state index in [9.17, 15) is 9.18 Å². The van der Waals surface area contributed by atoms with Crippen molar-refractivity contribution in [2.75, 3.05) is 0 Å². The Morgan fingerprint density at radius 3 is 2.67 bits per heavy atom. The summed E-state index contributed by atoms with van der Waals surface area (Å²) in [6, 6.07) is 6.19. The number of amides is 1. The van der Waals surface area contributed by atoms with Crippen LogP contribution in [0.2, 0.25) is 0 Å². The summed E-state index contributed by atoms with van der Waals surface area (Å²) in [7, 11) is 0. The van der Waals surface area contributed by atoms with Gasteiger partial charge in [-0.25, -0.2) is 9.82 Å². The van der Waals surface area contributed by atoms with Crippen molar-refractivity contribution in [2.24, 2.45) is 22.4 Å². The zero-order valence-electron chi connectivity index (χ0n) is 11.6. The van der Waals surface area contributed by atoms with Crippen LogP contribution in [-0.4, -0.2) is 12.1 Å². The molecule has 0 aromatic heterocycles. The first-order valence-electron chi connectivity index (χ1n) is 6.44. The second-order valence-corrected chi connectivity index (χ2v) is 6.54. The van der Waals surface area contributed by atoms with Crippen LogP contribution in [0, 0.1) is 23.1 Å². The lowest BCUT2D eigenvalue weighted by Crippen LogP contribution is -2.22. The highest BCUT2D eigenvalue weighted by Crippen LogP contribution is 2.59. The molecular weight excluding hydrogens is 314 g/mol. The molecule has 1 fully saturated rings. The fourth-order valence-corrected chi connectivity index (χ4v) is 2.71. The largest absolute Gasteiger partial charge is 0.273 e. The molecule has 2 rings (SSSR count). The zero-order valence-corrected chi connectivity index (χ0v) is 13.1. The van der Waals surface area contributed by atoms with Crippen LogP contribution >= 0.6 is 23.2 Å². The molecule has 0 unspecified atom stereocenters. The minimum absolute atomic E-state index is 0.0221. The van der Waals surface area contributed by atoms with Crippen LogP contribution in [0.5, 0.6) is 0 Å². The van der Waals surface area contributed by atoms with E-state index in [1.54, 1.807) is 24.3 Å². The molecule has 0 saturated heterocycles. The van der Waals surface area contributed by atoms with Crippen molar-refractivity contribution < 1.29 is 9.18 Å². The van der Waals surface area contributed by atoms with E-state index in [2.05, 4.69) is 10.5 Å². The molecule has 3 nitrogen and oxygen atoms in total. The summed E-state index contributed by atoms with van der Waals surface area (Å²) in [6.45, 7) is 3.91. The van der Waals surface area contributed by atoms with Gasteiger partial charge >= 0.3 is 0 Å². The number of nitrogens with one attached hydrogen (secondary N) is 1. The Hall–Kier alpha value is -1.39. The van der Waals surface area contributed by atoms with Crippen LogP contribution in [0.4, 0.5) is 4.39 Å². The number of hydrazone groups is 1. The van der Waals surface area contributed by atoms with Crippen LogP contribution in [0.25, 0.3) is 0 Å². The Morgan fingerprint density at radius 1 is 1.38 bits per heavy atom. The van der Waals surface area contributed by atoms with Crippen LogP contribution in [0.3, 0.4) is 0 Å². The average molecular weight is 329 g/mol. The predicted octanol–water partition coefficient (Wildman–Crippen LogP) is 3.87. The molecule has 1 aromatic rings. The van der Waals surface area contributed by atoms with Crippen molar-refractivity contribution >= 4 is 35.3 Å². The Labute approximate surface area is 132 Å². The number of hydrogen-bond acceptors (Lipinski definition) is 2. The number of hydrogen-bond donors (Lipinski definition) is 1. The summed E-state index contributed by atoms with van der Waals surface area (Å²) in [5, 5.41) is 3.79. The van der Waals surface area contributed by atoms with Gasteiger partial charge in [-0.3, -0.25) is 4.79 Å². The number of rotatable bonds is 4. The van der Waals surface area contributed by atoms with Crippen molar-refractivity contribution in [1.82, 2.24) is 5.43 Å². The monoisotopic (exact) mass is 328 g/mol. The third-order valence-corrected chi connectivity index (χ3v) is 4.03. The third-order valence-electron chi connectivity index (χ3n) is 3.78. The summed E-state index contributed by atoms with van der Waals surface area (Å²) < 4.78 is 13.5. The average Bonchev–Trinajstić information content (AvgIpc) is 2.92. The fourth-order valence-electron chi connectivity index (χ4n) is 2.44. The van der Waals surface area contributed by atoms with E-state index in [4.69, 9.17) is 23.2 Å². The van der Waals surface area contributed by atoms with Crippen molar-refractivity contribution in [2.45, 2.75) is 13.8 Å². The first-order valence-corrected chi connectivity index (χ1v) is 7.20. The zero-order chi connectivity index (χ0) is 15.6. The summed E-state index contributed by atoms with van der Waals surface area (Å²) in [5.74, 6) is -0.894. The molecule has 1 saturated carbocycles. The first-order chi connectivity index (χ1) is 9.84. The maximum absolute atomic E-state index is 13.4. The minimum Gasteiger partial charge on any atom is -0.273 e. The summed E-state index contributed by atoms with van der Waals surface area (Å²) in [5.41, 5.74) is 2.52. The lowest BCUT2D eigenvalue weighted by atomic mass is 10.1. The molecule has 1 amide bonds. The molecule has 0 aliphatic heterocycles. The second kappa shape index (κ2) is 6.16. The van der Waals surface area contributed by atoms with Gasteiger partial charge in [-0.1, -0.05) is 55.2 Å². The van der Waals surface area contributed by atoms with Gasteiger partial charge in [0.15, 0.2) is 0 Å². The SMILES string of the molecule is CC1(C)[C@H](C=C(Cl)Cl)[C@@H]1C(=O)N/N=C\c1ccccc1F. The molecule has 2 atom stereocenters. The standard InChI is InChI=1S/C15H15Cl2FN2O/c1-15(2)10(7-12(16)17)13(15)14(21)20-19-8-9-5-3-4-6-11(9)18/h3-8,10,13H,1-2H3,(H,20,21)/b19-8-/t10-,13-/m1/s1. The van der Waals surface area contributed by atoms with Gasteiger partial charge < -0.3 is 0 Å². The van der Waals surface area contributed by atoms with E-state index >= 15 is 0 Å². The van der Waals surface area contributed by atoms with Crippen LogP contribution in [0.1, 0.15) is 19.4 Å². The normalized spacial score (nSPS) is 22.9. The maximum atomic E-state index is 13.4. The molecule has 0 spiro atoms. The Morgan fingerprint density at radius 2 is 2.05 bits per heavy atom. The number of carbonyl (C=O) groups excluding carboxylic acids is 1. The van der Waals surface area contributed by atoms with Crippen molar-refractivity contribution in [3.63, 3.8) is 0 Å². The number of halogens is 3. The van der Waals surface area contributed by atoms with E-state index < -0.39 is 5.82 Å². The molecule has 1 N–H and O–H groups in total. The van der Waals surface area contributed by atoms with Crippen molar-refractivity contribution in [3.8, 4) is 0 Å². The number of benzene rings is 1. The molecule has 6 heteroatoms. The molecule has 1 aliphatic rings. The lowest BCUT2D eigenvalue weighted by molar-refractivity contribution is -0.123. The summed E-state index contributed by atoms with van der Waals surface area (Å²) in [4.78, 5) is 12.1. The Bertz CT molecular complexity index is 609. The van der Waals surface area contributed by atoms with Crippen LogP contribution in [-0.2, 0) is 4.79 Å². The second-order valence-electron chi connectivity index (χ2n) is 5.54. The summed E-state index contributed by atoms with van der Waals surface area (Å²) in [6.07, 6.45) is 2.94. The Kier molecular flexibility index (Phi) is 4.69. The van der Waals surface area contributed by atoms with Crippen LogP contribution < -0.4 is 5.43 Å². The third kappa shape index (κ3) is 3.63. The smallest absolute Gasteiger partial charge is 0.244 e. The van der Waals surface area contributed by atoms with E-state index in [0.717, 1.165) is 0 Å². The van der Waals surface area contributed by atoms with Gasteiger partial charge in [0.1, 0.15) is 10.3 Å². The minimum atomic E-state index is -0.392. The van der Waals surface area contributed by atoms with Gasteiger partial charge in [0.25, 0.3) is 0 Å². The molecule has 0 bridgehead atoms. The topological polar surface area (TPSA) is 41.5 Å². The molecule has 112 valence electrons. The molecule has 1 aliphatic carbocycles. The van der Waals surface area contributed by atoms with Gasteiger partial charge in [0, 0.05) is 5.56 Å². The van der Waals surface area contributed by atoms with Gasteiger partial charge in [-0.15, -0.1) is 0 Å².